The van der Waals surface area contributed by atoms with Crippen LogP contribution in [0.15, 0.2) is 328 Å². The van der Waals surface area contributed by atoms with Gasteiger partial charge in [-0.1, -0.05) is 379 Å². The van der Waals surface area contributed by atoms with Crippen molar-refractivity contribution in [3.8, 4) is 0 Å². The van der Waals surface area contributed by atoms with Gasteiger partial charge in [-0.3, -0.25) is 0 Å². The standard InChI is InChI=1S/C82H80/c1-2-4-6-38-64-78(68-45-27-28-46-68,66-41-15-8-16-42-66)80(72-57-31-32-58-72,70-49-19-10-20-50-70)82(76-61-35-36-62-76,74-53-23-12-24-54-74)81(75-59-33-34-60-75,73-51-21-11-22-52-73)79(71-55-29-30-56-71,69-47-17-9-18-48-69)77(63-37-5-3-1,67-43-25-26-44-67)65-39-13-7-14-40-65/h7-36,39-62,67-68,71-72,75-76H,1-6,37-38,63-64H2. The zero-order valence-electron chi connectivity index (χ0n) is 47.7. The van der Waals surface area contributed by atoms with Gasteiger partial charge in [-0.05, 0) is 46.2 Å². The first-order chi connectivity index (χ1) is 40.7. The third-order valence-corrected chi connectivity index (χ3v) is 21.3. The van der Waals surface area contributed by atoms with Crippen LogP contribution in [-0.4, -0.2) is 0 Å². The molecule has 7 aliphatic rings. The van der Waals surface area contributed by atoms with Crippen molar-refractivity contribution in [1.29, 1.82) is 0 Å². The van der Waals surface area contributed by atoms with E-state index in [2.05, 4.69) is 328 Å². The van der Waals surface area contributed by atoms with Crippen molar-refractivity contribution in [2.45, 2.75) is 96.7 Å². The zero-order valence-corrected chi connectivity index (χ0v) is 47.7. The first kappa shape index (κ1) is 53.5. The van der Waals surface area contributed by atoms with Crippen molar-refractivity contribution in [1.82, 2.24) is 0 Å². The lowest BCUT2D eigenvalue weighted by Gasteiger charge is -2.78. The van der Waals surface area contributed by atoms with Gasteiger partial charge in [0.25, 0.3) is 0 Å². The van der Waals surface area contributed by atoms with Gasteiger partial charge >= 0.3 is 0 Å². The van der Waals surface area contributed by atoms with Crippen LogP contribution in [0.25, 0.3) is 0 Å². The Balaban J connectivity index is 1.43. The van der Waals surface area contributed by atoms with E-state index in [9.17, 15) is 0 Å². The summed E-state index contributed by atoms with van der Waals surface area (Å²) in [6, 6.07) is 73.3. The van der Waals surface area contributed by atoms with E-state index in [0.29, 0.717) is 0 Å². The minimum absolute atomic E-state index is 0.00829. The Morgan fingerprint density at radius 2 is 0.366 bits per heavy atom. The Hall–Kier alpha value is -7.80. The van der Waals surface area contributed by atoms with Gasteiger partial charge in [0.1, 0.15) is 0 Å². The SMILES string of the molecule is C1=CC(C2(c3ccccc3)CCCCCCCCCCC(c3ccccc3)(C3C=CC=C3)C(c3ccccc3)(C3C=CC=C3)C(c3ccccc3)(C3C=CC=C3)C(c3ccccc3)(C3C=CC=C3)C2(c2ccccc2)C2C=CC=C2)C=C1. The van der Waals surface area contributed by atoms with E-state index in [-0.39, 0.29) is 35.5 Å². The minimum Gasteiger partial charge on any atom is -0.0767 e. The average Bonchev–Trinajstić information content (AvgIpc) is 2.32. The lowest BCUT2D eigenvalue weighted by molar-refractivity contribution is -0.108. The molecule has 1 fully saturated rings. The van der Waals surface area contributed by atoms with Gasteiger partial charge in [0.05, 0.1) is 0 Å². The van der Waals surface area contributed by atoms with Crippen molar-refractivity contribution in [3.63, 3.8) is 0 Å². The summed E-state index contributed by atoms with van der Waals surface area (Å²) in [5, 5.41) is 0. The van der Waals surface area contributed by atoms with Gasteiger partial charge in [-0.15, -0.1) is 0 Å². The fraction of sp³-hybridized carbons (Fsp3) is 0.268. The summed E-state index contributed by atoms with van der Waals surface area (Å²) >= 11 is 0. The maximum atomic E-state index is 2.68. The molecule has 0 aromatic heterocycles. The van der Waals surface area contributed by atoms with E-state index in [1.165, 1.54) is 71.9 Å². The van der Waals surface area contributed by atoms with Crippen LogP contribution in [0, 0.1) is 35.5 Å². The van der Waals surface area contributed by atoms with Gasteiger partial charge < -0.3 is 0 Å². The second-order valence-electron chi connectivity index (χ2n) is 24.5. The normalized spacial score (nSPS) is 29.9. The van der Waals surface area contributed by atoms with Gasteiger partial charge in [-0.25, -0.2) is 0 Å². The zero-order chi connectivity index (χ0) is 55.2. The van der Waals surface area contributed by atoms with Gasteiger partial charge in [0.2, 0.25) is 0 Å². The van der Waals surface area contributed by atoms with Crippen LogP contribution in [0.1, 0.15) is 97.6 Å². The molecule has 0 saturated heterocycles. The molecule has 0 nitrogen and oxygen atoms in total. The van der Waals surface area contributed by atoms with Gasteiger partial charge in [0.15, 0.2) is 0 Å². The number of allylic oxidation sites excluding steroid dienone is 24. The fourth-order valence-electron chi connectivity index (χ4n) is 19.1. The lowest BCUT2D eigenvalue weighted by atomic mass is 9.22. The number of rotatable bonds is 12. The van der Waals surface area contributed by atoms with E-state index >= 15 is 0 Å². The summed E-state index contributed by atoms with van der Waals surface area (Å²) in [6.45, 7) is 0. The van der Waals surface area contributed by atoms with Crippen LogP contribution in [0.2, 0.25) is 0 Å². The molecular formula is C82H80. The second kappa shape index (κ2) is 23.2. The molecule has 6 unspecified atom stereocenters. The molecule has 82 heavy (non-hydrogen) atoms. The first-order valence-electron chi connectivity index (χ1n) is 31.2. The molecule has 408 valence electrons. The Kier molecular flexibility index (Phi) is 15.1. The van der Waals surface area contributed by atoms with E-state index in [1.54, 1.807) is 0 Å². The quantitative estimate of drug-likeness (QED) is 0.115. The van der Waals surface area contributed by atoms with Crippen molar-refractivity contribution in [3.05, 3.63) is 361 Å². The average molecular weight is 1070 g/mol. The predicted molar refractivity (Wildman–Crippen MR) is 346 cm³/mol. The molecule has 6 aromatic rings. The molecule has 6 aromatic carbocycles. The number of hydrogen-bond donors (Lipinski definition) is 0. The third-order valence-electron chi connectivity index (χ3n) is 21.3. The van der Waals surface area contributed by atoms with Crippen LogP contribution < -0.4 is 0 Å². The molecule has 0 bridgehead atoms. The maximum absolute atomic E-state index is 2.68. The highest BCUT2D eigenvalue weighted by molar-refractivity contribution is 5.68. The monoisotopic (exact) mass is 1060 g/mol. The highest BCUT2D eigenvalue weighted by Gasteiger charge is 2.83. The van der Waals surface area contributed by atoms with E-state index < -0.39 is 32.5 Å². The molecule has 0 N–H and O–H groups in total. The van der Waals surface area contributed by atoms with Gasteiger partial charge in [-0.2, -0.15) is 0 Å². The smallest absolute Gasteiger partial charge is 0.0279 e. The summed E-state index contributed by atoms with van der Waals surface area (Å²) in [5.74, 6) is -0.550. The molecule has 0 heteroatoms. The van der Waals surface area contributed by atoms with Crippen molar-refractivity contribution in [2.75, 3.05) is 0 Å². The molecular weight excluding hydrogens is 985 g/mol. The molecule has 6 atom stereocenters. The van der Waals surface area contributed by atoms with Gasteiger partial charge in [0, 0.05) is 68.0 Å². The first-order valence-corrected chi connectivity index (χ1v) is 31.2. The minimum atomic E-state index is -0.940. The Morgan fingerprint density at radius 3 is 0.610 bits per heavy atom. The summed E-state index contributed by atoms with van der Waals surface area (Å²) in [5.41, 5.74) is 3.51. The summed E-state index contributed by atoms with van der Waals surface area (Å²) in [4.78, 5) is 0. The largest absolute Gasteiger partial charge is 0.0767 e. The number of benzene rings is 6. The molecule has 0 spiro atoms. The molecule has 7 aliphatic carbocycles. The fourth-order valence-corrected chi connectivity index (χ4v) is 19.1. The Bertz CT molecular complexity index is 3200. The lowest BCUT2D eigenvalue weighted by Crippen LogP contribution is -2.82. The second-order valence-corrected chi connectivity index (χ2v) is 24.5. The Labute approximate surface area is 490 Å². The molecule has 13 rings (SSSR count). The molecule has 0 radical (unpaired) electrons. The summed E-state index contributed by atoms with van der Waals surface area (Å²) < 4.78 is 0. The van der Waals surface area contributed by atoms with Crippen LogP contribution >= 0.6 is 0 Å². The highest BCUT2D eigenvalue weighted by atomic mass is 14.8. The molecule has 0 heterocycles. The summed E-state index contributed by atoms with van der Waals surface area (Å²) in [7, 11) is 0. The topological polar surface area (TPSA) is 0 Å². The predicted octanol–water partition coefficient (Wildman–Crippen LogP) is 20.0. The molecule has 0 aliphatic heterocycles. The van der Waals surface area contributed by atoms with Crippen molar-refractivity contribution in [2.24, 2.45) is 35.5 Å². The van der Waals surface area contributed by atoms with E-state index in [0.717, 1.165) is 25.7 Å². The van der Waals surface area contributed by atoms with Crippen molar-refractivity contribution >= 4 is 0 Å². The van der Waals surface area contributed by atoms with Crippen molar-refractivity contribution < 1.29 is 0 Å². The van der Waals surface area contributed by atoms with E-state index in [4.69, 9.17) is 0 Å². The van der Waals surface area contributed by atoms with Crippen LogP contribution in [0.3, 0.4) is 0 Å². The third kappa shape index (κ3) is 7.98. The van der Waals surface area contributed by atoms with E-state index in [1.807, 2.05) is 0 Å². The molecule has 1 saturated carbocycles. The van der Waals surface area contributed by atoms with Crippen LogP contribution in [0.5, 0.6) is 0 Å². The summed E-state index contributed by atoms with van der Waals surface area (Å²) in [6.07, 6.45) is 72.2. The highest BCUT2D eigenvalue weighted by Crippen LogP contribution is 2.81. The number of hydrogen-bond acceptors (Lipinski definition) is 0. The molecule has 0 amide bonds. The maximum Gasteiger partial charge on any atom is 0.0279 e. The Morgan fingerprint density at radius 1 is 0.183 bits per heavy atom. The van der Waals surface area contributed by atoms with Crippen LogP contribution in [-0.2, 0) is 32.5 Å². The van der Waals surface area contributed by atoms with Crippen LogP contribution in [0.4, 0.5) is 0 Å².